The first-order chi connectivity index (χ1) is 7.69. The van der Waals surface area contributed by atoms with Gasteiger partial charge in [0.15, 0.2) is 0 Å². The van der Waals surface area contributed by atoms with Crippen LogP contribution in [0.1, 0.15) is 26.2 Å². The van der Waals surface area contributed by atoms with E-state index in [0.717, 1.165) is 36.0 Å². The molecule has 0 spiro atoms. The second kappa shape index (κ2) is 4.99. The van der Waals surface area contributed by atoms with Gasteiger partial charge < -0.3 is 10.6 Å². The standard InChI is InChI=1S/C11H17BrN4/c1-2-5-16(7-8-3-4-8)11-14-9(12)6-10(13)15-11/h6,8H,2-5,7H2,1H3,(H2,13,14,15). The molecule has 2 rings (SSSR count). The molecule has 1 heterocycles. The second-order valence-corrected chi connectivity index (χ2v) is 5.12. The quantitative estimate of drug-likeness (QED) is 0.844. The summed E-state index contributed by atoms with van der Waals surface area (Å²) >= 11 is 3.36. The van der Waals surface area contributed by atoms with Crippen LogP contribution in [0, 0.1) is 5.92 Å². The van der Waals surface area contributed by atoms with Crippen LogP contribution in [-0.2, 0) is 0 Å². The highest BCUT2D eigenvalue weighted by Gasteiger charge is 2.25. The Labute approximate surface area is 104 Å². The molecule has 0 amide bonds. The van der Waals surface area contributed by atoms with Crippen molar-refractivity contribution in [2.45, 2.75) is 26.2 Å². The van der Waals surface area contributed by atoms with E-state index in [1.165, 1.54) is 12.8 Å². The van der Waals surface area contributed by atoms with Gasteiger partial charge in [-0.25, -0.2) is 4.98 Å². The minimum atomic E-state index is 0.522. The van der Waals surface area contributed by atoms with E-state index >= 15 is 0 Å². The zero-order valence-electron chi connectivity index (χ0n) is 9.49. The second-order valence-electron chi connectivity index (χ2n) is 4.30. The van der Waals surface area contributed by atoms with E-state index in [4.69, 9.17) is 5.73 Å². The van der Waals surface area contributed by atoms with Gasteiger partial charge in [0.25, 0.3) is 0 Å². The van der Waals surface area contributed by atoms with Crippen molar-refractivity contribution in [2.24, 2.45) is 5.92 Å². The number of anilines is 2. The molecule has 1 aromatic rings. The van der Waals surface area contributed by atoms with Crippen molar-refractivity contribution in [1.82, 2.24) is 9.97 Å². The molecule has 0 saturated heterocycles. The van der Waals surface area contributed by atoms with Crippen LogP contribution in [0.2, 0.25) is 0 Å². The first-order valence-corrected chi connectivity index (χ1v) is 6.53. The first kappa shape index (κ1) is 11.6. The maximum atomic E-state index is 5.73. The minimum absolute atomic E-state index is 0.522. The predicted octanol–water partition coefficient (Wildman–Crippen LogP) is 2.45. The van der Waals surface area contributed by atoms with E-state index in [2.05, 4.69) is 37.7 Å². The van der Waals surface area contributed by atoms with Gasteiger partial charge in [-0.2, -0.15) is 4.98 Å². The molecule has 88 valence electrons. The Balaban J connectivity index is 2.15. The van der Waals surface area contributed by atoms with Crippen LogP contribution in [0.15, 0.2) is 10.7 Å². The summed E-state index contributed by atoms with van der Waals surface area (Å²) in [5.74, 6) is 2.10. The summed E-state index contributed by atoms with van der Waals surface area (Å²) in [4.78, 5) is 10.9. The Morgan fingerprint density at radius 1 is 1.50 bits per heavy atom. The number of halogens is 1. The monoisotopic (exact) mass is 284 g/mol. The van der Waals surface area contributed by atoms with Gasteiger partial charge in [0.2, 0.25) is 5.95 Å². The molecule has 0 unspecified atom stereocenters. The van der Waals surface area contributed by atoms with E-state index in [1.807, 2.05) is 0 Å². The van der Waals surface area contributed by atoms with Crippen LogP contribution in [0.3, 0.4) is 0 Å². The number of aromatic nitrogens is 2. The summed E-state index contributed by atoms with van der Waals surface area (Å²) in [5, 5.41) is 0. The van der Waals surface area contributed by atoms with Crippen molar-refractivity contribution in [3.8, 4) is 0 Å². The summed E-state index contributed by atoms with van der Waals surface area (Å²) in [6, 6.07) is 1.73. The molecule has 1 aromatic heterocycles. The molecule has 16 heavy (non-hydrogen) atoms. The molecular weight excluding hydrogens is 268 g/mol. The molecule has 5 heteroatoms. The summed E-state index contributed by atoms with van der Waals surface area (Å²) in [7, 11) is 0. The van der Waals surface area contributed by atoms with Crippen molar-refractivity contribution in [2.75, 3.05) is 23.7 Å². The van der Waals surface area contributed by atoms with E-state index in [9.17, 15) is 0 Å². The normalized spacial score (nSPS) is 15.1. The van der Waals surface area contributed by atoms with Gasteiger partial charge in [-0.3, -0.25) is 0 Å². The van der Waals surface area contributed by atoms with Gasteiger partial charge in [-0.15, -0.1) is 0 Å². The molecule has 1 saturated carbocycles. The molecule has 4 nitrogen and oxygen atoms in total. The van der Waals surface area contributed by atoms with Gasteiger partial charge in [-0.1, -0.05) is 6.92 Å². The predicted molar refractivity (Wildman–Crippen MR) is 69.4 cm³/mol. The molecular formula is C11H17BrN4. The smallest absolute Gasteiger partial charge is 0.228 e. The molecule has 1 aliphatic carbocycles. The third-order valence-corrected chi connectivity index (χ3v) is 3.06. The Hall–Kier alpha value is -0.840. The van der Waals surface area contributed by atoms with Gasteiger partial charge in [0.05, 0.1) is 0 Å². The van der Waals surface area contributed by atoms with Gasteiger partial charge in [0.1, 0.15) is 10.4 Å². The molecule has 0 aromatic carbocycles. The van der Waals surface area contributed by atoms with Crippen LogP contribution in [-0.4, -0.2) is 23.1 Å². The minimum Gasteiger partial charge on any atom is -0.383 e. The SMILES string of the molecule is CCCN(CC1CC1)c1nc(N)cc(Br)n1. The van der Waals surface area contributed by atoms with Crippen LogP contribution >= 0.6 is 15.9 Å². The molecule has 2 N–H and O–H groups in total. The highest BCUT2D eigenvalue weighted by atomic mass is 79.9. The summed E-state index contributed by atoms with van der Waals surface area (Å²) in [6.07, 6.45) is 3.77. The third-order valence-electron chi connectivity index (χ3n) is 2.65. The van der Waals surface area contributed by atoms with E-state index in [1.54, 1.807) is 6.07 Å². The van der Waals surface area contributed by atoms with Crippen molar-refractivity contribution < 1.29 is 0 Å². The van der Waals surface area contributed by atoms with E-state index < -0.39 is 0 Å². The summed E-state index contributed by atoms with van der Waals surface area (Å²) in [6.45, 7) is 4.22. The van der Waals surface area contributed by atoms with Gasteiger partial charge in [0, 0.05) is 19.2 Å². The van der Waals surface area contributed by atoms with Crippen LogP contribution in [0.5, 0.6) is 0 Å². The number of nitrogens with zero attached hydrogens (tertiary/aromatic N) is 3. The molecule has 0 bridgehead atoms. The van der Waals surface area contributed by atoms with Crippen LogP contribution in [0.4, 0.5) is 11.8 Å². The third kappa shape index (κ3) is 3.07. The van der Waals surface area contributed by atoms with Crippen molar-refractivity contribution in [3.05, 3.63) is 10.7 Å². The fraction of sp³-hybridized carbons (Fsp3) is 0.636. The fourth-order valence-corrected chi connectivity index (χ4v) is 2.11. The number of rotatable bonds is 5. The highest BCUT2D eigenvalue weighted by molar-refractivity contribution is 9.10. The van der Waals surface area contributed by atoms with E-state index in [0.29, 0.717) is 5.82 Å². The van der Waals surface area contributed by atoms with Crippen molar-refractivity contribution in [3.63, 3.8) is 0 Å². The lowest BCUT2D eigenvalue weighted by Gasteiger charge is -2.22. The molecule has 0 radical (unpaired) electrons. The lowest BCUT2D eigenvalue weighted by atomic mass is 10.3. The lowest BCUT2D eigenvalue weighted by molar-refractivity contribution is 0.688. The first-order valence-electron chi connectivity index (χ1n) is 5.74. The summed E-state index contributed by atoms with van der Waals surface area (Å²) < 4.78 is 0.756. The summed E-state index contributed by atoms with van der Waals surface area (Å²) in [5.41, 5.74) is 5.73. The Morgan fingerprint density at radius 3 is 2.81 bits per heavy atom. The lowest BCUT2D eigenvalue weighted by Crippen LogP contribution is -2.28. The molecule has 0 aliphatic heterocycles. The number of nitrogens with two attached hydrogens (primary N) is 1. The molecule has 1 fully saturated rings. The average molecular weight is 285 g/mol. The zero-order chi connectivity index (χ0) is 11.5. The zero-order valence-corrected chi connectivity index (χ0v) is 11.1. The van der Waals surface area contributed by atoms with Crippen LogP contribution < -0.4 is 10.6 Å². The van der Waals surface area contributed by atoms with Crippen LogP contribution in [0.25, 0.3) is 0 Å². The topological polar surface area (TPSA) is 55.0 Å². The number of hydrogen-bond acceptors (Lipinski definition) is 4. The Morgan fingerprint density at radius 2 is 2.25 bits per heavy atom. The molecule has 1 aliphatic rings. The van der Waals surface area contributed by atoms with Gasteiger partial charge >= 0.3 is 0 Å². The van der Waals surface area contributed by atoms with Crippen molar-refractivity contribution >= 4 is 27.7 Å². The molecule has 0 atom stereocenters. The Bertz CT molecular complexity index is 345. The maximum Gasteiger partial charge on any atom is 0.228 e. The number of hydrogen-bond donors (Lipinski definition) is 1. The average Bonchev–Trinajstić information content (AvgIpc) is 2.99. The fourth-order valence-electron chi connectivity index (χ4n) is 1.72. The van der Waals surface area contributed by atoms with Gasteiger partial charge in [-0.05, 0) is 41.1 Å². The maximum absolute atomic E-state index is 5.73. The van der Waals surface area contributed by atoms with Crippen molar-refractivity contribution in [1.29, 1.82) is 0 Å². The van der Waals surface area contributed by atoms with E-state index in [-0.39, 0.29) is 0 Å². The number of nitrogen functional groups attached to an aromatic ring is 1. The largest absolute Gasteiger partial charge is 0.383 e. The Kier molecular flexibility index (Phi) is 3.63. The highest BCUT2D eigenvalue weighted by Crippen LogP contribution is 2.31.